The van der Waals surface area contributed by atoms with Gasteiger partial charge < -0.3 is 10.2 Å². The number of hydrogen-bond donors (Lipinski definition) is 1. The fraction of sp³-hybridized carbons (Fsp3) is 0.533. The number of hydrogen-bond acceptors (Lipinski definition) is 2. The topological polar surface area (TPSA) is 32.3 Å². The number of benzene rings is 1. The highest BCUT2D eigenvalue weighted by Crippen LogP contribution is 2.19. The minimum atomic E-state index is 0.139. The Bertz CT molecular complexity index is 413. The number of carbonyl (C=O) groups excluding carboxylic acids is 1. The van der Waals surface area contributed by atoms with Gasteiger partial charge in [-0.2, -0.15) is 0 Å². The molecule has 1 heterocycles. The lowest BCUT2D eigenvalue weighted by Gasteiger charge is -2.23. The van der Waals surface area contributed by atoms with Crippen LogP contribution in [-0.4, -0.2) is 30.9 Å². The van der Waals surface area contributed by atoms with Crippen molar-refractivity contribution in [2.75, 3.05) is 20.1 Å². The third kappa shape index (κ3) is 2.91. The van der Waals surface area contributed by atoms with Crippen LogP contribution in [0.1, 0.15) is 18.1 Å². The van der Waals surface area contributed by atoms with Gasteiger partial charge in [0.15, 0.2) is 0 Å². The average molecular weight is 246 g/mol. The molecule has 0 bridgehead atoms. The van der Waals surface area contributed by atoms with Crippen LogP contribution in [0.5, 0.6) is 0 Å². The quantitative estimate of drug-likeness (QED) is 0.882. The Morgan fingerprint density at radius 2 is 2.00 bits per heavy atom. The molecule has 1 fully saturated rings. The molecule has 0 saturated carbocycles. The highest BCUT2D eigenvalue weighted by Gasteiger charge is 2.31. The Morgan fingerprint density at radius 1 is 1.33 bits per heavy atom. The van der Waals surface area contributed by atoms with Crippen molar-refractivity contribution < 1.29 is 4.79 Å². The minimum Gasteiger partial charge on any atom is -0.341 e. The molecule has 1 aliphatic rings. The van der Waals surface area contributed by atoms with Crippen LogP contribution in [-0.2, 0) is 11.3 Å². The van der Waals surface area contributed by atoms with Gasteiger partial charge in [-0.15, -0.1) is 0 Å². The second-order valence-corrected chi connectivity index (χ2v) is 5.42. The lowest BCUT2D eigenvalue weighted by molar-refractivity contribution is -0.135. The summed E-state index contributed by atoms with van der Waals surface area (Å²) in [7, 11) is 1.90. The van der Waals surface area contributed by atoms with Gasteiger partial charge in [0.05, 0.1) is 5.92 Å². The van der Waals surface area contributed by atoms with E-state index in [0.717, 1.165) is 13.1 Å². The van der Waals surface area contributed by atoms with Gasteiger partial charge in [-0.25, -0.2) is 0 Å². The summed E-state index contributed by atoms with van der Waals surface area (Å²) >= 11 is 0. The van der Waals surface area contributed by atoms with E-state index in [0.29, 0.717) is 12.5 Å². The number of carbonyl (C=O) groups is 1. The van der Waals surface area contributed by atoms with Crippen molar-refractivity contribution in [2.24, 2.45) is 11.8 Å². The molecule has 1 saturated heterocycles. The summed E-state index contributed by atoms with van der Waals surface area (Å²) in [5.74, 6) is 0.839. The normalized spacial score (nSPS) is 23.1. The first-order valence-electron chi connectivity index (χ1n) is 6.59. The third-order valence-electron chi connectivity index (χ3n) is 3.75. The molecular formula is C15H22N2O. The lowest BCUT2D eigenvalue weighted by atomic mass is 9.96. The summed E-state index contributed by atoms with van der Waals surface area (Å²) in [6.45, 7) is 6.68. The number of amides is 1. The zero-order valence-corrected chi connectivity index (χ0v) is 11.4. The number of nitrogens with zero attached hydrogens (tertiary/aromatic N) is 1. The predicted octanol–water partition coefficient (Wildman–Crippen LogP) is 1.81. The molecule has 1 N–H and O–H groups in total. The van der Waals surface area contributed by atoms with Gasteiger partial charge in [0.2, 0.25) is 5.91 Å². The van der Waals surface area contributed by atoms with Crippen molar-refractivity contribution in [3.8, 4) is 0 Å². The van der Waals surface area contributed by atoms with E-state index in [1.807, 2.05) is 11.9 Å². The Kier molecular flexibility index (Phi) is 4.02. The number of nitrogens with one attached hydrogen (secondary N) is 1. The smallest absolute Gasteiger partial charge is 0.227 e. The van der Waals surface area contributed by atoms with E-state index >= 15 is 0 Å². The maximum atomic E-state index is 12.3. The fourth-order valence-electron chi connectivity index (χ4n) is 2.47. The van der Waals surface area contributed by atoms with Crippen molar-refractivity contribution >= 4 is 5.91 Å². The third-order valence-corrected chi connectivity index (χ3v) is 3.75. The summed E-state index contributed by atoms with van der Waals surface area (Å²) < 4.78 is 0. The molecule has 3 nitrogen and oxygen atoms in total. The van der Waals surface area contributed by atoms with Gasteiger partial charge in [-0.1, -0.05) is 36.8 Å². The van der Waals surface area contributed by atoms with Crippen LogP contribution >= 0.6 is 0 Å². The Labute approximate surface area is 109 Å². The highest BCUT2D eigenvalue weighted by molar-refractivity contribution is 5.79. The zero-order chi connectivity index (χ0) is 13.1. The number of rotatable bonds is 3. The summed E-state index contributed by atoms with van der Waals surface area (Å²) in [6.07, 6.45) is 0. The summed E-state index contributed by atoms with van der Waals surface area (Å²) in [5.41, 5.74) is 2.44. The van der Waals surface area contributed by atoms with Crippen molar-refractivity contribution in [2.45, 2.75) is 20.4 Å². The highest BCUT2D eigenvalue weighted by atomic mass is 16.2. The van der Waals surface area contributed by atoms with Gasteiger partial charge in [0.1, 0.15) is 0 Å². The second kappa shape index (κ2) is 5.53. The van der Waals surface area contributed by atoms with Gasteiger partial charge in [0.25, 0.3) is 0 Å². The lowest BCUT2D eigenvalue weighted by Crippen LogP contribution is -2.35. The molecule has 0 spiro atoms. The molecule has 1 amide bonds. The molecule has 0 aromatic heterocycles. The Morgan fingerprint density at radius 3 is 2.56 bits per heavy atom. The van der Waals surface area contributed by atoms with E-state index in [1.165, 1.54) is 11.1 Å². The molecule has 98 valence electrons. The van der Waals surface area contributed by atoms with E-state index < -0.39 is 0 Å². The second-order valence-electron chi connectivity index (χ2n) is 5.42. The predicted molar refractivity (Wildman–Crippen MR) is 73.2 cm³/mol. The van der Waals surface area contributed by atoms with E-state index in [-0.39, 0.29) is 11.8 Å². The zero-order valence-electron chi connectivity index (χ0n) is 11.4. The average Bonchev–Trinajstić information content (AvgIpc) is 2.77. The van der Waals surface area contributed by atoms with Gasteiger partial charge in [-0.05, 0) is 24.9 Å². The molecule has 0 radical (unpaired) electrons. The fourth-order valence-corrected chi connectivity index (χ4v) is 2.47. The number of aryl methyl sites for hydroxylation is 1. The van der Waals surface area contributed by atoms with Crippen LogP contribution in [0.3, 0.4) is 0 Å². The minimum absolute atomic E-state index is 0.139. The molecule has 1 aromatic carbocycles. The van der Waals surface area contributed by atoms with Crippen molar-refractivity contribution in [3.63, 3.8) is 0 Å². The Balaban J connectivity index is 1.97. The first-order valence-corrected chi connectivity index (χ1v) is 6.59. The van der Waals surface area contributed by atoms with Gasteiger partial charge in [0, 0.05) is 20.1 Å². The van der Waals surface area contributed by atoms with E-state index in [1.54, 1.807) is 0 Å². The first-order chi connectivity index (χ1) is 8.58. The largest absolute Gasteiger partial charge is 0.341 e. The first kappa shape index (κ1) is 13.1. The summed E-state index contributed by atoms with van der Waals surface area (Å²) in [5, 5.41) is 3.28. The molecule has 0 aliphatic carbocycles. The van der Waals surface area contributed by atoms with Crippen molar-refractivity contribution in [3.05, 3.63) is 35.4 Å². The molecule has 3 heteroatoms. The molecular weight excluding hydrogens is 224 g/mol. The van der Waals surface area contributed by atoms with Gasteiger partial charge >= 0.3 is 0 Å². The van der Waals surface area contributed by atoms with Gasteiger partial charge in [-0.3, -0.25) is 4.79 Å². The molecule has 2 atom stereocenters. The van der Waals surface area contributed by atoms with Crippen LogP contribution in [0.15, 0.2) is 24.3 Å². The Hall–Kier alpha value is -1.35. The van der Waals surface area contributed by atoms with Crippen LogP contribution in [0, 0.1) is 18.8 Å². The molecule has 2 rings (SSSR count). The summed E-state index contributed by atoms with van der Waals surface area (Å²) in [6, 6.07) is 8.37. The standard InChI is InChI=1S/C15H22N2O/c1-11-4-6-13(7-5-11)10-17(3)15(18)14-9-16-8-12(14)2/h4-7,12,14,16H,8-10H2,1-3H3/t12-,14-/m1/s1. The van der Waals surface area contributed by atoms with E-state index in [9.17, 15) is 4.79 Å². The van der Waals surface area contributed by atoms with Crippen LogP contribution in [0.2, 0.25) is 0 Å². The van der Waals surface area contributed by atoms with Crippen molar-refractivity contribution in [1.29, 1.82) is 0 Å². The molecule has 18 heavy (non-hydrogen) atoms. The van der Waals surface area contributed by atoms with E-state index in [4.69, 9.17) is 0 Å². The monoisotopic (exact) mass is 246 g/mol. The summed E-state index contributed by atoms with van der Waals surface area (Å²) in [4.78, 5) is 14.2. The maximum absolute atomic E-state index is 12.3. The van der Waals surface area contributed by atoms with E-state index in [2.05, 4.69) is 43.4 Å². The molecule has 1 aliphatic heterocycles. The van der Waals surface area contributed by atoms with Crippen LogP contribution < -0.4 is 5.32 Å². The molecule has 0 unspecified atom stereocenters. The molecule has 1 aromatic rings. The SMILES string of the molecule is Cc1ccc(CN(C)C(=O)[C@@H]2CNC[C@H]2C)cc1. The maximum Gasteiger partial charge on any atom is 0.227 e. The van der Waals surface area contributed by atoms with Crippen LogP contribution in [0.4, 0.5) is 0 Å². The van der Waals surface area contributed by atoms with Crippen LogP contribution in [0.25, 0.3) is 0 Å². The van der Waals surface area contributed by atoms with Crippen molar-refractivity contribution in [1.82, 2.24) is 10.2 Å².